The van der Waals surface area contributed by atoms with E-state index < -0.39 is 11.6 Å². The van der Waals surface area contributed by atoms with Crippen molar-refractivity contribution < 1.29 is 13.5 Å². The highest BCUT2D eigenvalue weighted by atomic mass is 35.5. The lowest BCUT2D eigenvalue weighted by Gasteiger charge is -2.10. The van der Waals surface area contributed by atoms with E-state index in [2.05, 4.69) is 5.32 Å². The summed E-state index contributed by atoms with van der Waals surface area (Å²) in [5.41, 5.74) is 1.58. The summed E-state index contributed by atoms with van der Waals surface area (Å²) < 4.78 is 31.4. The van der Waals surface area contributed by atoms with Crippen LogP contribution in [0.1, 0.15) is 11.1 Å². The Labute approximate surface area is 121 Å². The maximum absolute atomic E-state index is 13.1. The fraction of sp³-hybridized carbons (Fsp3) is 0.200. The number of benzene rings is 2. The van der Waals surface area contributed by atoms with Gasteiger partial charge in [0, 0.05) is 6.54 Å². The van der Waals surface area contributed by atoms with Crippen LogP contribution in [-0.4, -0.2) is 7.05 Å². The van der Waals surface area contributed by atoms with Gasteiger partial charge in [-0.25, -0.2) is 8.78 Å². The molecule has 0 heterocycles. The second kappa shape index (κ2) is 6.68. The van der Waals surface area contributed by atoms with E-state index in [1.54, 1.807) is 12.1 Å². The smallest absolute Gasteiger partial charge is 0.159 e. The van der Waals surface area contributed by atoms with Gasteiger partial charge in [-0.2, -0.15) is 0 Å². The number of hydrogen-bond acceptors (Lipinski definition) is 2. The van der Waals surface area contributed by atoms with Gasteiger partial charge in [0.2, 0.25) is 0 Å². The molecule has 0 aliphatic heterocycles. The molecule has 0 aromatic heterocycles. The Morgan fingerprint density at radius 3 is 2.45 bits per heavy atom. The molecule has 0 spiro atoms. The molecule has 0 radical (unpaired) electrons. The van der Waals surface area contributed by atoms with Crippen LogP contribution in [0, 0.1) is 11.6 Å². The molecular weight excluding hydrogens is 284 g/mol. The summed E-state index contributed by atoms with van der Waals surface area (Å²) in [4.78, 5) is 0. The van der Waals surface area contributed by atoms with Crippen LogP contribution in [-0.2, 0) is 13.2 Å². The van der Waals surface area contributed by atoms with Gasteiger partial charge < -0.3 is 10.1 Å². The van der Waals surface area contributed by atoms with Crippen LogP contribution < -0.4 is 10.1 Å². The van der Waals surface area contributed by atoms with E-state index in [-0.39, 0.29) is 6.61 Å². The Balaban J connectivity index is 2.05. The van der Waals surface area contributed by atoms with E-state index >= 15 is 0 Å². The van der Waals surface area contributed by atoms with Crippen molar-refractivity contribution in [2.45, 2.75) is 13.2 Å². The van der Waals surface area contributed by atoms with Crippen LogP contribution in [0.3, 0.4) is 0 Å². The minimum Gasteiger partial charge on any atom is -0.487 e. The normalized spacial score (nSPS) is 10.6. The SMILES string of the molecule is CNCc1ccc(OCc2ccc(F)c(F)c2)c(Cl)c1. The number of rotatable bonds is 5. The van der Waals surface area contributed by atoms with E-state index in [1.807, 2.05) is 13.1 Å². The largest absolute Gasteiger partial charge is 0.487 e. The van der Waals surface area contributed by atoms with Crippen LogP contribution in [0.15, 0.2) is 36.4 Å². The molecule has 20 heavy (non-hydrogen) atoms. The van der Waals surface area contributed by atoms with Gasteiger partial charge in [0.15, 0.2) is 11.6 Å². The van der Waals surface area contributed by atoms with Gasteiger partial charge in [-0.05, 0) is 42.4 Å². The van der Waals surface area contributed by atoms with Crippen molar-refractivity contribution in [3.63, 3.8) is 0 Å². The molecule has 5 heteroatoms. The molecule has 0 fully saturated rings. The minimum atomic E-state index is -0.887. The molecule has 2 nitrogen and oxygen atoms in total. The fourth-order valence-corrected chi connectivity index (χ4v) is 2.02. The monoisotopic (exact) mass is 297 g/mol. The van der Waals surface area contributed by atoms with Crippen molar-refractivity contribution in [1.29, 1.82) is 0 Å². The highest BCUT2D eigenvalue weighted by molar-refractivity contribution is 6.32. The van der Waals surface area contributed by atoms with Crippen molar-refractivity contribution in [1.82, 2.24) is 5.32 Å². The van der Waals surface area contributed by atoms with Crippen molar-refractivity contribution >= 4 is 11.6 Å². The molecule has 1 N–H and O–H groups in total. The molecule has 2 rings (SSSR count). The first-order valence-electron chi connectivity index (χ1n) is 6.10. The fourth-order valence-electron chi connectivity index (χ4n) is 1.77. The highest BCUT2D eigenvalue weighted by Crippen LogP contribution is 2.26. The van der Waals surface area contributed by atoms with Crippen molar-refractivity contribution in [2.75, 3.05) is 7.05 Å². The van der Waals surface area contributed by atoms with E-state index in [0.717, 1.165) is 17.7 Å². The number of hydrogen-bond donors (Lipinski definition) is 1. The zero-order valence-corrected chi connectivity index (χ0v) is 11.7. The van der Waals surface area contributed by atoms with Crippen LogP contribution in [0.4, 0.5) is 8.78 Å². The van der Waals surface area contributed by atoms with Gasteiger partial charge in [0.05, 0.1) is 5.02 Å². The molecular formula is C15H14ClF2NO. The van der Waals surface area contributed by atoms with Gasteiger partial charge in [0.25, 0.3) is 0 Å². The van der Waals surface area contributed by atoms with E-state index in [0.29, 0.717) is 22.9 Å². The van der Waals surface area contributed by atoms with Crippen LogP contribution >= 0.6 is 11.6 Å². The summed E-state index contributed by atoms with van der Waals surface area (Å²) in [6.07, 6.45) is 0. The molecule has 0 aliphatic carbocycles. The molecule has 0 saturated carbocycles. The van der Waals surface area contributed by atoms with Gasteiger partial charge in [-0.3, -0.25) is 0 Å². The van der Waals surface area contributed by atoms with Crippen molar-refractivity contribution in [2.24, 2.45) is 0 Å². The van der Waals surface area contributed by atoms with Gasteiger partial charge in [-0.1, -0.05) is 23.7 Å². The van der Waals surface area contributed by atoms with Crippen LogP contribution in [0.2, 0.25) is 5.02 Å². The molecule has 2 aromatic rings. The maximum atomic E-state index is 13.1. The summed E-state index contributed by atoms with van der Waals surface area (Å²) in [6.45, 7) is 0.839. The Kier molecular flexibility index (Phi) is 4.93. The van der Waals surface area contributed by atoms with Crippen LogP contribution in [0.5, 0.6) is 5.75 Å². The summed E-state index contributed by atoms with van der Waals surface area (Å²) in [7, 11) is 1.85. The second-order valence-corrected chi connectivity index (χ2v) is 4.74. The Bertz CT molecular complexity index is 604. The molecule has 0 saturated heterocycles. The molecule has 0 unspecified atom stereocenters. The number of halogens is 3. The lowest BCUT2D eigenvalue weighted by atomic mass is 10.2. The van der Waals surface area contributed by atoms with E-state index in [1.165, 1.54) is 6.07 Å². The summed E-state index contributed by atoms with van der Waals surface area (Å²) >= 11 is 6.10. The second-order valence-electron chi connectivity index (χ2n) is 4.33. The quantitative estimate of drug-likeness (QED) is 0.903. The standard InChI is InChI=1S/C15H14ClF2NO/c1-19-8-10-3-5-15(12(16)6-10)20-9-11-2-4-13(17)14(18)7-11/h2-7,19H,8-9H2,1H3. The first-order valence-corrected chi connectivity index (χ1v) is 6.47. The van der Waals surface area contributed by atoms with Gasteiger partial charge in [-0.15, -0.1) is 0 Å². The van der Waals surface area contributed by atoms with E-state index in [9.17, 15) is 8.78 Å². The predicted molar refractivity (Wildman–Crippen MR) is 74.9 cm³/mol. The maximum Gasteiger partial charge on any atom is 0.159 e. The zero-order chi connectivity index (χ0) is 14.5. The average Bonchev–Trinajstić information content (AvgIpc) is 2.42. The van der Waals surface area contributed by atoms with Gasteiger partial charge >= 0.3 is 0 Å². The van der Waals surface area contributed by atoms with Crippen molar-refractivity contribution in [3.05, 3.63) is 64.2 Å². The third-order valence-electron chi connectivity index (χ3n) is 2.76. The molecule has 0 atom stereocenters. The summed E-state index contributed by atoms with van der Waals surface area (Å²) in [6, 6.07) is 9.11. The number of nitrogens with one attached hydrogen (secondary N) is 1. The van der Waals surface area contributed by atoms with Crippen LogP contribution in [0.25, 0.3) is 0 Å². The van der Waals surface area contributed by atoms with Gasteiger partial charge in [0.1, 0.15) is 12.4 Å². The summed E-state index contributed by atoms with van der Waals surface area (Å²) in [5, 5.41) is 3.51. The number of ether oxygens (including phenoxy) is 1. The summed E-state index contributed by atoms with van der Waals surface area (Å²) in [5.74, 6) is -1.25. The topological polar surface area (TPSA) is 21.3 Å². The molecule has 2 aromatic carbocycles. The zero-order valence-electron chi connectivity index (χ0n) is 10.9. The third kappa shape index (κ3) is 3.68. The molecule has 0 bridgehead atoms. The Morgan fingerprint density at radius 2 is 1.80 bits per heavy atom. The third-order valence-corrected chi connectivity index (χ3v) is 3.05. The Hall–Kier alpha value is -1.65. The lowest BCUT2D eigenvalue weighted by molar-refractivity contribution is 0.305. The molecule has 0 amide bonds. The molecule has 106 valence electrons. The highest BCUT2D eigenvalue weighted by Gasteiger charge is 2.06. The average molecular weight is 298 g/mol. The first-order chi connectivity index (χ1) is 9.60. The predicted octanol–water partition coefficient (Wildman–Crippen LogP) is 3.92. The van der Waals surface area contributed by atoms with Crippen molar-refractivity contribution in [3.8, 4) is 5.75 Å². The Morgan fingerprint density at radius 1 is 1.05 bits per heavy atom. The molecule has 0 aliphatic rings. The first kappa shape index (κ1) is 14.8. The minimum absolute atomic E-state index is 0.127. The van der Waals surface area contributed by atoms with E-state index in [4.69, 9.17) is 16.3 Å². The lowest BCUT2D eigenvalue weighted by Crippen LogP contribution is -2.05.